The fourth-order valence-electron chi connectivity index (χ4n) is 3.01. The van der Waals surface area contributed by atoms with E-state index >= 15 is 0 Å². The predicted molar refractivity (Wildman–Crippen MR) is 102 cm³/mol. The molecule has 1 aliphatic carbocycles. The Morgan fingerprint density at radius 1 is 1.33 bits per heavy atom. The molecule has 5 N–H and O–H groups in total. The van der Waals surface area contributed by atoms with Crippen molar-refractivity contribution in [2.45, 2.75) is 51.1 Å². The highest BCUT2D eigenvalue weighted by Crippen LogP contribution is 2.42. The van der Waals surface area contributed by atoms with Crippen LogP contribution < -0.4 is 21.7 Å². The Kier molecular flexibility index (Phi) is 7.19. The molecule has 2 atom stereocenters. The molecule has 2 rings (SSSR count). The minimum atomic E-state index is -1.11. The first-order chi connectivity index (χ1) is 12.9. The third-order valence-corrected chi connectivity index (χ3v) is 5.60. The third-order valence-electron chi connectivity index (χ3n) is 4.90. The van der Waals surface area contributed by atoms with Crippen LogP contribution in [-0.2, 0) is 9.59 Å². The number of thiophene rings is 1. The Balaban J connectivity index is 1.92. The first-order valence-electron chi connectivity index (χ1n) is 8.96. The Morgan fingerprint density at radius 2 is 2.04 bits per heavy atom. The molecule has 0 bridgehead atoms. The average Bonchev–Trinajstić information content (AvgIpc) is 3.10. The van der Waals surface area contributed by atoms with Gasteiger partial charge in [-0.05, 0) is 55.0 Å². The number of rotatable bonds is 9. The van der Waals surface area contributed by atoms with Crippen molar-refractivity contribution in [3.63, 3.8) is 0 Å². The largest absolute Gasteiger partial charge is 0.352 e. The summed E-state index contributed by atoms with van der Waals surface area (Å²) in [7, 11) is 0. The standard InChI is InChI=1S/C18H25N5O3S/c1-12(13-5-9-27-11-13)22-15(24)18(6-3-7-18)16(25)23-14(10-19)4-2-8-21-17(20)26/h5,9,11-12,14H,2-4,6-8H2,1H3,(H,22,24)(H,23,25)(H3,20,21,26). The monoisotopic (exact) mass is 391 g/mol. The molecule has 1 aliphatic rings. The van der Waals surface area contributed by atoms with Crippen LogP contribution in [0.2, 0.25) is 0 Å². The fraction of sp³-hybridized carbons (Fsp3) is 0.556. The topological polar surface area (TPSA) is 137 Å². The highest BCUT2D eigenvalue weighted by atomic mass is 32.1. The van der Waals surface area contributed by atoms with Crippen LogP contribution in [0.1, 0.15) is 50.6 Å². The van der Waals surface area contributed by atoms with Gasteiger partial charge in [-0.2, -0.15) is 16.6 Å². The van der Waals surface area contributed by atoms with Crippen LogP contribution in [0.3, 0.4) is 0 Å². The molecule has 4 amide bonds. The molecule has 0 aliphatic heterocycles. The van der Waals surface area contributed by atoms with E-state index in [1.165, 1.54) is 0 Å². The number of carbonyl (C=O) groups is 3. The van der Waals surface area contributed by atoms with Crippen molar-refractivity contribution in [3.05, 3.63) is 22.4 Å². The van der Waals surface area contributed by atoms with E-state index in [0.29, 0.717) is 32.2 Å². The molecule has 1 aromatic heterocycles. The Bertz CT molecular complexity index is 709. The van der Waals surface area contributed by atoms with Gasteiger partial charge in [-0.3, -0.25) is 9.59 Å². The first-order valence-corrected chi connectivity index (χ1v) is 9.90. The zero-order valence-electron chi connectivity index (χ0n) is 15.3. The summed E-state index contributed by atoms with van der Waals surface area (Å²) in [6, 6.07) is 2.45. The van der Waals surface area contributed by atoms with Gasteiger partial charge in [-0.1, -0.05) is 6.42 Å². The van der Waals surface area contributed by atoms with E-state index in [4.69, 9.17) is 5.73 Å². The van der Waals surface area contributed by atoms with Crippen LogP contribution in [0.4, 0.5) is 4.79 Å². The van der Waals surface area contributed by atoms with Gasteiger partial charge in [0.25, 0.3) is 0 Å². The number of amides is 4. The second kappa shape index (κ2) is 9.37. The van der Waals surface area contributed by atoms with Gasteiger partial charge in [0.1, 0.15) is 11.5 Å². The number of carbonyl (C=O) groups excluding carboxylic acids is 3. The van der Waals surface area contributed by atoms with E-state index in [1.54, 1.807) is 11.3 Å². The molecule has 1 aromatic rings. The number of nitrogens with two attached hydrogens (primary N) is 1. The minimum Gasteiger partial charge on any atom is -0.352 e. The van der Waals surface area contributed by atoms with Gasteiger partial charge in [0, 0.05) is 6.54 Å². The van der Waals surface area contributed by atoms with E-state index in [2.05, 4.69) is 16.0 Å². The molecular weight excluding hydrogens is 366 g/mol. The first kappa shape index (κ1) is 20.7. The smallest absolute Gasteiger partial charge is 0.312 e. The van der Waals surface area contributed by atoms with Crippen molar-refractivity contribution < 1.29 is 14.4 Å². The molecule has 1 fully saturated rings. The molecule has 2 unspecified atom stereocenters. The van der Waals surface area contributed by atoms with Crippen LogP contribution in [0.15, 0.2) is 16.8 Å². The van der Waals surface area contributed by atoms with E-state index in [1.807, 2.05) is 29.8 Å². The second-order valence-electron chi connectivity index (χ2n) is 6.78. The lowest BCUT2D eigenvalue weighted by Crippen LogP contribution is -2.57. The molecule has 0 spiro atoms. The Labute approximate surface area is 162 Å². The normalized spacial score (nSPS) is 16.9. The van der Waals surface area contributed by atoms with Crippen molar-refractivity contribution in [2.24, 2.45) is 11.1 Å². The van der Waals surface area contributed by atoms with Crippen molar-refractivity contribution >= 4 is 29.2 Å². The molecule has 27 heavy (non-hydrogen) atoms. The number of nitrogens with one attached hydrogen (secondary N) is 3. The lowest BCUT2D eigenvalue weighted by molar-refractivity contribution is -0.150. The molecule has 1 heterocycles. The number of nitriles is 1. The van der Waals surface area contributed by atoms with Gasteiger partial charge in [0.05, 0.1) is 12.1 Å². The van der Waals surface area contributed by atoms with E-state index < -0.39 is 23.4 Å². The minimum absolute atomic E-state index is 0.180. The molecule has 8 nitrogen and oxygen atoms in total. The average molecular weight is 391 g/mol. The van der Waals surface area contributed by atoms with Gasteiger partial charge >= 0.3 is 6.03 Å². The van der Waals surface area contributed by atoms with Gasteiger partial charge < -0.3 is 21.7 Å². The number of urea groups is 1. The maximum Gasteiger partial charge on any atom is 0.312 e. The summed E-state index contributed by atoms with van der Waals surface area (Å²) in [5.41, 5.74) is 4.88. The summed E-state index contributed by atoms with van der Waals surface area (Å²) in [4.78, 5) is 36.2. The maximum atomic E-state index is 12.8. The molecular formula is C18H25N5O3S. The summed E-state index contributed by atoms with van der Waals surface area (Å²) < 4.78 is 0. The van der Waals surface area contributed by atoms with Gasteiger partial charge in [0.2, 0.25) is 11.8 Å². The second-order valence-corrected chi connectivity index (χ2v) is 7.56. The van der Waals surface area contributed by atoms with Gasteiger partial charge in [0.15, 0.2) is 0 Å². The van der Waals surface area contributed by atoms with E-state index in [9.17, 15) is 19.6 Å². The predicted octanol–water partition coefficient (Wildman–Crippen LogP) is 1.55. The molecule has 0 saturated heterocycles. The van der Waals surface area contributed by atoms with Crippen molar-refractivity contribution in [3.8, 4) is 6.07 Å². The number of primary amides is 1. The quantitative estimate of drug-likeness (QED) is 0.375. The summed E-state index contributed by atoms with van der Waals surface area (Å²) in [5, 5.41) is 21.2. The lowest BCUT2D eigenvalue weighted by Gasteiger charge is -2.39. The van der Waals surface area contributed by atoms with Crippen molar-refractivity contribution in [2.75, 3.05) is 6.54 Å². The van der Waals surface area contributed by atoms with Crippen molar-refractivity contribution in [1.82, 2.24) is 16.0 Å². The highest BCUT2D eigenvalue weighted by molar-refractivity contribution is 7.07. The summed E-state index contributed by atoms with van der Waals surface area (Å²) >= 11 is 1.55. The van der Waals surface area contributed by atoms with Gasteiger partial charge in [-0.25, -0.2) is 4.79 Å². The molecule has 1 saturated carbocycles. The fourth-order valence-corrected chi connectivity index (χ4v) is 3.76. The molecule has 0 radical (unpaired) electrons. The van der Waals surface area contributed by atoms with Gasteiger partial charge in [-0.15, -0.1) is 0 Å². The number of hydrogen-bond acceptors (Lipinski definition) is 5. The summed E-state index contributed by atoms with van der Waals surface area (Å²) in [5.74, 6) is -0.699. The molecule has 146 valence electrons. The number of nitrogens with zero attached hydrogens (tertiary/aromatic N) is 1. The Hall–Kier alpha value is -2.60. The summed E-state index contributed by atoms with van der Waals surface area (Å²) in [6.45, 7) is 2.21. The molecule has 9 heteroatoms. The van der Waals surface area contributed by atoms with Crippen LogP contribution in [0.5, 0.6) is 0 Å². The van der Waals surface area contributed by atoms with Crippen molar-refractivity contribution in [1.29, 1.82) is 5.26 Å². The van der Waals surface area contributed by atoms with Crippen LogP contribution in [0, 0.1) is 16.7 Å². The summed E-state index contributed by atoms with van der Waals surface area (Å²) in [6.07, 6.45) is 2.61. The van der Waals surface area contributed by atoms with Crippen LogP contribution in [-0.4, -0.2) is 30.4 Å². The zero-order valence-corrected chi connectivity index (χ0v) is 16.1. The molecule has 0 aromatic carbocycles. The van der Waals surface area contributed by atoms with E-state index in [0.717, 1.165) is 12.0 Å². The zero-order chi connectivity index (χ0) is 19.9. The van der Waals surface area contributed by atoms with Crippen LogP contribution >= 0.6 is 11.3 Å². The number of hydrogen-bond donors (Lipinski definition) is 4. The van der Waals surface area contributed by atoms with E-state index in [-0.39, 0.29) is 11.9 Å². The SMILES string of the molecule is CC(NC(=O)C1(C(=O)NC(C#N)CCCNC(N)=O)CCC1)c1ccsc1. The Morgan fingerprint density at radius 3 is 2.56 bits per heavy atom. The maximum absolute atomic E-state index is 12.8. The lowest BCUT2D eigenvalue weighted by atomic mass is 9.67. The van der Waals surface area contributed by atoms with Crippen LogP contribution in [0.25, 0.3) is 0 Å². The third kappa shape index (κ3) is 5.20. The highest BCUT2D eigenvalue weighted by Gasteiger charge is 2.51.